The minimum Gasteiger partial charge on any atom is -0.485 e. The zero-order valence-corrected chi connectivity index (χ0v) is 18.0. The molecule has 0 radical (unpaired) electrons. The van der Waals surface area contributed by atoms with Crippen LogP contribution in [0.15, 0.2) is 77.7 Å². The SMILES string of the molecule is O=C(Nc1ccc2c(c1)CCCN2S(=O)(=O)c1ccccc1)C1COc2ccccc2O1. The highest BCUT2D eigenvalue weighted by atomic mass is 32.2. The predicted molar refractivity (Wildman–Crippen MR) is 121 cm³/mol. The van der Waals surface area contributed by atoms with Crippen molar-refractivity contribution in [2.75, 3.05) is 22.8 Å². The van der Waals surface area contributed by atoms with Crippen LogP contribution in [0.5, 0.6) is 11.5 Å². The number of carbonyl (C=O) groups excluding carboxylic acids is 1. The van der Waals surface area contributed by atoms with Gasteiger partial charge in [0.2, 0.25) is 6.10 Å². The number of hydrogen-bond acceptors (Lipinski definition) is 5. The number of nitrogens with one attached hydrogen (secondary N) is 1. The maximum Gasteiger partial charge on any atom is 0.269 e. The largest absolute Gasteiger partial charge is 0.485 e. The van der Waals surface area contributed by atoms with Gasteiger partial charge in [-0.05, 0) is 60.9 Å². The van der Waals surface area contributed by atoms with Crippen molar-refractivity contribution in [3.63, 3.8) is 0 Å². The molecule has 2 heterocycles. The molecular formula is C24H22N2O5S. The molecule has 0 aliphatic carbocycles. The maximum atomic E-state index is 13.1. The van der Waals surface area contributed by atoms with Crippen LogP contribution in [0.4, 0.5) is 11.4 Å². The standard InChI is InChI=1S/C24H22N2O5S/c27-24(23-16-30-21-10-4-5-11-22(21)31-23)25-18-12-13-20-17(15-18)7-6-14-26(20)32(28,29)19-8-2-1-3-9-19/h1-5,8-13,15,23H,6-7,14,16H2,(H,25,27). The van der Waals surface area contributed by atoms with Gasteiger partial charge in [-0.2, -0.15) is 0 Å². The number of sulfonamides is 1. The van der Waals surface area contributed by atoms with Crippen molar-refractivity contribution >= 4 is 27.3 Å². The van der Waals surface area contributed by atoms with E-state index in [0.29, 0.717) is 35.8 Å². The van der Waals surface area contributed by atoms with Gasteiger partial charge >= 0.3 is 0 Å². The third kappa shape index (κ3) is 3.78. The Hall–Kier alpha value is -3.52. The Labute approximate surface area is 186 Å². The van der Waals surface area contributed by atoms with Crippen molar-refractivity contribution in [3.05, 3.63) is 78.4 Å². The lowest BCUT2D eigenvalue weighted by molar-refractivity contribution is -0.125. The van der Waals surface area contributed by atoms with Gasteiger partial charge in [0.1, 0.15) is 6.61 Å². The topological polar surface area (TPSA) is 84.9 Å². The van der Waals surface area contributed by atoms with Gasteiger partial charge in [0.25, 0.3) is 15.9 Å². The first-order valence-corrected chi connectivity index (χ1v) is 11.9. The number of ether oxygens (including phenoxy) is 2. The fourth-order valence-electron chi connectivity index (χ4n) is 3.98. The normalized spacial score (nSPS) is 17.4. The highest BCUT2D eigenvalue weighted by Crippen LogP contribution is 2.34. The number of rotatable bonds is 4. The van der Waals surface area contributed by atoms with Crippen molar-refractivity contribution in [1.82, 2.24) is 0 Å². The molecule has 0 fully saturated rings. The number of nitrogens with zero attached hydrogens (tertiary/aromatic N) is 1. The van der Waals surface area contributed by atoms with Gasteiger partial charge in [-0.15, -0.1) is 0 Å². The van der Waals surface area contributed by atoms with Crippen molar-refractivity contribution < 1.29 is 22.7 Å². The Morgan fingerprint density at radius 3 is 2.53 bits per heavy atom. The molecule has 7 nitrogen and oxygen atoms in total. The van der Waals surface area contributed by atoms with Gasteiger partial charge in [0.05, 0.1) is 10.6 Å². The molecule has 1 atom stereocenters. The second kappa shape index (κ2) is 8.20. The average Bonchev–Trinajstić information content (AvgIpc) is 2.83. The molecule has 0 bridgehead atoms. The van der Waals surface area contributed by atoms with E-state index in [1.54, 1.807) is 54.6 Å². The number of carbonyl (C=O) groups is 1. The van der Waals surface area contributed by atoms with E-state index in [1.165, 1.54) is 4.31 Å². The second-order valence-electron chi connectivity index (χ2n) is 7.69. The summed E-state index contributed by atoms with van der Waals surface area (Å²) >= 11 is 0. The number of fused-ring (bicyclic) bond motifs is 2. The van der Waals surface area contributed by atoms with Gasteiger partial charge in [-0.1, -0.05) is 30.3 Å². The molecule has 2 aliphatic heterocycles. The number of aryl methyl sites for hydroxylation is 1. The molecule has 0 saturated heterocycles. The van der Waals surface area contributed by atoms with Gasteiger partial charge in [0.15, 0.2) is 11.5 Å². The molecule has 0 aromatic heterocycles. The summed E-state index contributed by atoms with van der Waals surface area (Å²) in [6, 6.07) is 20.9. The highest BCUT2D eigenvalue weighted by Gasteiger charge is 2.30. The Kier molecular flexibility index (Phi) is 5.22. The monoisotopic (exact) mass is 450 g/mol. The highest BCUT2D eigenvalue weighted by molar-refractivity contribution is 7.92. The molecule has 32 heavy (non-hydrogen) atoms. The lowest BCUT2D eigenvalue weighted by atomic mass is 10.0. The van der Waals surface area contributed by atoms with Crippen LogP contribution in [0.2, 0.25) is 0 Å². The smallest absolute Gasteiger partial charge is 0.269 e. The molecule has 1 unspecified atom stereocenters. The molecule has 1 amide bonds. The molecule has 3 aromatic carbocycles. The maximum absolute atomic E-state index is 13.1. The zero-order chi connectivity index (χ0) is 22.1. The zero-order valence-electron chi connectivity index (χ0n) is 17.2. The van der Waals surface area contributed by atoms with Crippen molar-refractivity contribution in [2.45, 2.75) is 23.8 Å². The van der Waals surface area contributed by atoms with Crippen LogP contribution in [0, 0.1) is 0 Å². The summed E-state index contributed by atoms with van der Waals surface area (Å²) in [4.78, 5) is 13.0. The minimum absolute atomic E-state index is 0.122. The quantitative estimate of drug-likeness (QED) is 0.657. The minimum atomic E-state index is -3.65. The summed E-state index contributed by atoms with van der Waals surface area (Å²) in [6.07, 6.45) is 0.666. The van der Waals surface area contributed by atoms with Crippen LogP contribution in [0.3, 0.4) is 0 Å². The van der Waals surface area contributed by atoms with Crippen molar-refractivity contribution in [1.29, 1.82) is 0 Å². The lowest BCUT2D eigenvalue weighted by Gasteiger charge is -2.31. The average molecular weight is 451 g/mol. The summed E-state index contributed by atoms with van der Waals surface area (Å²) in [7, 11) is -3.65. The van der Waals surface area contributed by atoms with Gasteiger partial charge < -0.3 is 14.8 Å². The third-order valence-corrected chi connectivity index (χ3v) is 7.38. The second-order valence-corrected chi connectivity index (χ2v) is 9.55. The van der Waals surface area contributed by atoms with E-state index in [2.05, 4.69) is 5.32 Å². The molecule has 164 valence electrons. The van der Waals surface area contributed by atoms with E-state index in [1.807, 2.05) is 18.2 Å². The Morgan fingerprint density at radius 1 is 0.969 bits per heavy atom. The molecule has 3 aromatic rings. The predicted octanol–water partition coefficient (Wildman–Crippen LogP) is 3.61. The van der Waals surface area contributed by atoms with Crippen molar-refractivity contribution in [3.8, 4) is 11.5 Å². The van der Waals surface area contributed by atoms with Crippen LogP contribution in [-0.2, 0) is 21.2 Å². The number of amides is 1. The number of anilines is 2. The molecule has 8 heteroatoms. The van der Waals surface area contributed by atoms with E-state index in [-0.39, 0.29) is 17.4 Å². The van der Waals surface area contributed by atoms with Crippen LogP contribution in [0.25, 0.3) is 0 Å². The Bertz CT molecular complexity index is 1260. The molecule has 0 spiro atoms. The summed E-state index contributed by atoms with van der Waals surface area (Å²) in [5.74, 6) is 0.833. The fourth-order valence-corrected chi connectivity index (χ4v) is 5.54. The summed E-state index contributed by atoms with van der Waals surface area (Å²) in [6.45, 7) is 0.541. The van der Waals surface area contributed by atoms with Crippen molar-refractivity contribution in [2.24, 2.45) is 0 Å². The number of para-hydroxylation sites is 2. The third-order valence-electron chi connectivity index (χ3n) is 5.56. The van der Waals surface area contributed by atoms with Gasteiger partial charge in [-0.25, -0.2) is 8.42 Å². The number of benzene rings is 3. The van der Waals surface area contributed by atoms with E-state index in [0.717, 1.165) is 12.0 Å². The molecule has 0 saturated carbocycles. The first-order valence-electron chi connectivity index (χ1n) is 10.4. The van der Waals surface area contributed by atoms with Crippen LogP contribution in [-0.4, -0.2) is 33.6 Å². The lowest BCUT2D eigenvalue weighted by Crippen LogP contribution is -2.40. The van der Waals surface area contributed by atoms with Gasteiger partial charge in [0, 0.05) is 12.2 Å². The molecule has 5 rings (SSSR count). The molecule has 2 aliphatic rings. The number of hydrogen-bond donors (Lipinski definition) is 1. The van der Waals surface area contributed by atoms with E-state index >= 15 is 0 Å². The van der Waals surface area contributed by atoms with E-state index in [9.17, 15) is 13.2 Å². The summed E-state index contributed by atoms with van der Waals surface area (Å²) in [5, 5.41) is 2.87. The molecule has 1 N–H and O–H groups in total. The summed E-state index contributed by atoms with van der Waals surface area (Å²) in [5.41, 5.74) is 2.11. The summed E-state index contributed by atoms with van der Waals surface area (Å²) < 4.78 is 39.1. The van der Waals surface area contributed by atoms with Gasteiger partial charge in [-0.3, -0.25) is 9.10 Å². The first-order chi connectivity index (χ1) is 15.5. The van der Waals surface area contributed by atoms with E-state index in [4.69, 9.17) is 9.47 Å². The Balaban J connectivity index is 1.35. The fraction of sp³-hybridized carbons (Fsp3) is 0.208. The van der Waals surface area contributed by atoms with Crippen LogP contribution in [0.1, 0.15) is 12.0 Å². The first kappa shape index (κ1) is 20.4. The van der Waals surface area contributed by atoms with Crippen LogP contribution < -0.4 is 19.1 Å². The Morgan fingerprint density at radius 2 is 1.72 bits per heavy atom. The van der Waals surface area contributed by atoms with E-state index < -0.39 is 16.1 Å². The van der Waals surface area contributed by atoms with Crippen LogP contribution >= 0.6 is 0 Å². The molecular weight excluding hydrogens is 428 g/mol.